The second kappa shape index (κ2) is 4.65. The van der Waals surface area contributed by atoms with E-state index < -0.39 is 5.97 Å². The van der Waals surface area contributed by atoms with E-state index >= 15 is 0 Å². The van der Waals surface area contributed by atoms with Crippen molar-refractivity contribution in [1.29, 1.82) is 0 Å². The third-order valence-electron chi connectivity index (χ3n) is 2.27. The van der Waals surface area contributed by atoms with Crippen LogP contribution in [0.5, 0.6) is 6.01 Å². The van der Waals surface area contributed by atoms with Crippen molar-refractivity contribution in [3.8, 4) is 6.01 Å². The fourth-order valence-corrected chi connectivity index (χ4v) is 1.51. The molecule has 0 aliphatic rings. The lowest BCUT2D eigenvalue weighted by atomic mass is 10.2. The van der Waals surface area contributed by atoms with E-state index in [9.17, 15) is 4.79 Å². The minimum absolute atomic E-state index is 0.134. The summed E-state index contributed by atoms with van der Waals surface area (Å²) in [6.45, 7) is 0.360. The minimum atomic E-state index is -1.13. The number of nitrogens with zero attached hydrogens (tertiary/aromatic N) is 3. The highest BCUT2D eigenvalue weighted by molar-refractivity contribution is 5.83. The van der Waals surface area contributed by atoms with Gasteiger partial charge in [0, 0.05) is 0 Å². The summed E-state index contributed by atoms with van der Waals surface area (Å²) < 4.78 is 6.39. The first-order valence-corrected chi connectivity index (χ1v) is 4.96. The fourth-order valence-electron chi connectivity index (χ4n) is 1.51. The minimum Gasteiger partial charge on any atom is -0.475 e. The number of aromatic carboxylic acids is 1. The van der Waals surface area contributed by atoms with Crippen LogP contribution in [0.15, 0.2) is 30.3 Å². The summed E-state index contributed by atoms with van der Waals surface area (Å²) >= 11 is 0. The lowest BCUT2D eigenvalue weighted by molar-refractivity contribution is 0.0677. The van der Waals surface area contributed by atoms with E-state index in [1.165, 1.54) is 11.7 Å². The number of rotatable bonds is 4. The molecule has 2 aromatic rings. The Balaban J connectivity index is 2.37. The Morgan fingerprint density at radius 2 is 2.06 bits per heavy atom. The SMILES string of the molecule is COc1nnc(C(=O)O)n1Cc1ccccc1. The first kappa shape index (κ1) is 11.1. The molecule has 0 spiro atoms. The van der Waals surface area contributed by atoms with Crippen LogP contribution in [0.1, 0.15) is 16.2 Å². The molecular weight excluding hydrogens is 222 g/mol. The number of ether oxygens (including phenoxy) is 1. The Morgan fingerprint density at radius 3 is 2.65 bits per heavy atom. The molecule has 17 heavy (non-hydrogen) atoms. The second-order valence-electron chi connectivity index (χ2n) is 3.39. The molecule has 0 aliphatic carbocycles. The van der Waals surface area contributed by atoms with Crippen molar-refractivity contribution in [2.45, 2.75) is 6.54 Å². The van der Waals surface area contributed by atoms with E-state index in [4.69, 9.17) is 9.84 Å². The molecule has 0 saturated carbocycles. The maximum absolute atomic E-state index is 11.0. The summed E-state index contributed by atoms with van der Waals surface area (Å²) in [4.78, 5) is 11.0. The molecule has 6 heteroatoms. The molecule has 2 rings (SSSR count). The molecule has 1 heterocycles. The second-order valence-corrected chi connectivity index (χ2v) is 3.39. The maximum Gasteiger partial charge on any atom is 0.374 e. The number of carbonyl (C=O) groups is 1. The summed E-state index contributed by atoms with van der Waals surface area (Å²) in [6, 6.07) is 9.63. The number of carboxylic acids is 1. The van der Waals surface area contributed by atoms with Crippen LogP contribution in [0.25, 0.3) is 0 Å². The molecule has 0 amide bonds. The van der Waals surface area contributed by atoms with Gasteiger partial charge in [-0.25, -0.2) is 4.79 Å². The van der Waals surface area contributed by atoms with E-state index in [1.807, 2.05) is 30.3 Å². The Bertz CT molecular complexity index is 522. The van der Waals surface area contributed by atoms with Gasteiger partial charge in [-0.15, -0.1) is 5.10 Å². The van der Waals surface area contributed by atoms with Crippen LogP contribution in [0.3, 0.4) is 0 Å². The highest BCUT2D eigenvalue weighted by Gasteiger charge is 2.18. The van der Waals surface area contributed by atoms with Crippen LogP contribution in [0, 0.1) is 0 Å². The molecule has 0 fully saturated rings. The zero-order chi connectivity index (χ0) is 12.3. The highest BCUT2D eigenvalue weighted by Crippen LogP contribution is 2.13. The molecule has 0 bridgehead atoms. The van der Waals surface area contributed by atoms with Crippen molar-refractivity contribution >= 4 is 5.97 Å². The van der Waals surface area contributed by atoms with Crippen molar-refractivity contribution in [3.05, 3.63) is 41.7 Å². The van der Waals surface area contributed by atoms with Crippen LogP contribution < -0.4 is 4.74 Å². The Hall–Kier alpha value is -2.37. The van der Waals surface area contributed by atoms with Gasteiger partial charge in [0.15, 0.2) is 0 Å². The number of methoxy groups -OCH3 is 1. The lowest BCUT2D eigenvalue weighted by Gasteiger charge is -2.06. The molecule has 0 saturated heterocycles. The Kier molecular flexibility index (Phi) is 3.04. The van der Waals surface area contributed by atoms with Gasteiger partial charge >= 0.3 is 12.0 Å². The van der Waals surface area contributed by atoms with E-state index in [-0.39, 0.29) is 11.8 Å². The van der Waals surface area contributed by atoms with Crippen LogP contribution in [-0.4, -0.2) is 33.0 Å². The van der Waals surface area contributed by atoms with E-state index in [2.05, 4.69) is 10.2 Å². The molecule has 88 valence electrons. The summed E-state index contributed by atoms with van der Waals surface area (Å²) in [5.41, 5.74) is 0.952. The molecule has 1 aromatic heterocycles. The molecule has 0 radical (unpaired) electrons. The van der Waals surface area contributed by atoms with Crippen molar-refractivity contribution in [2.75, 3.05) is 7.11 Å². The predicted molar refractivity (Wildman–Crippen MR) is 59.1 cm³/mol. The highest BCUT2D eigenvalue weighted by atomic mass is 16.5. The zero-order valence-corrected chi connectivity index (χ0v) is 9.20. The summed E-state index contributed by atoms with van der Waals surface area (Å²) in [5, 5.41) is 16.2. The zero-order valence-electron chi connectivity index (χ0n) is 9.20. The van der Waals surface area contributed by atoms with Gasteiger partial charge in [0.25, 0.3) is 0 Å². The van der Waals surface area contributed by atoms with Gasteiger partial charge in [0.1, 0.15) is 0 Å². The largest absolute Gasteiger partial charge is 0.475 e. The van der Waals surface area contributed by atoms with Crippen LogP contribution in [-0.2, 0) is 6.54 Å². The topological polar surface area (TPSA) is 77.2 Å². The quantitative estimate of drug-likeness (QED) is 0.853. The average molecular weight is 233 g/mol. The number of benzene rings is 1. The van der Waals surface area contributed by atoms with Gasteiger partial charge in [0.2, 0.25) is 5.82 Å². The first-order valence-electron chi connectivity index (χ1n) is 4.96. The molecule has 1 aromatic carbocycles. The van der Waals surface area contributed by atoms with Crippen molar-refractivity contribution in [1.82, 2.24) is 14.8 Å². The van der Waals surface area contributed by atoms with E-state index in [1.54, 1.807) is 0 Å². The average Bonchev–Trinajstić information content (AvgIpc) is 2.73. The smallest absolute Gasteiger partial charge is 0.374 e. The monoisotopic (exact) mass is 233 g/mol. The molecule has 1 N–H and O–H groups in total. The van der Waals surface area contributed by atoms with Crippen molar-refractivity contribution in [2.24, 2.45) is 0 Å². The van der Waals surface area contributed by atoms with Crippen molar-refractivity contribution in [3.63, 3.8) is 0 Å². The maximum atomic E-state index is 11.0. The van der Waals surface area contributed by atoms with Crippen LogP contribution in [0.4, 0.5) is 0 Å². The van der Waals surface area contributed by atoms with Gasteiger partial charge in [-0.2, -0.15) is 0 Å². The number of hydrogen-bond donors (Lipinski definition) is 1. The molecule has 0 atom stereocenters. The van der Waals surface area contributed by atoms with E-state index in [0.717, 1.165) is 5.56 Å². The molecule has 0 unspecified atom stereocenters. The van der Waals surface area contributed by atoms with Gasteiger partial charge in [0.05, 0.1) is 13.7 Å². The Morgan fingerprint density at radius 1 is 1.35 bits per heavy atom. The summed E-state index contributed by atoms with van der Waals surface area (Å²) in [6.07, 6.45) is 0. The third kappa shape index (κ3) is 2.25. The van der Waals surface area contributed by atoms with Crippen molar-refractivity contribution < 1.29 is 14.6 Å². The fraction of sp³-hybridized carbons (Fsp3) is 0.182. The van der Waals surface area contributed by atoms with Gasteiger partial charge in [-0.1, -0.05) is 35.4 Å². The molecular formula is C11H11N3O3. The van der Waals surface area contributed by atoms with Crippen LogP contribution >= 0.6 is 0 Å². The number of hydrogen-bond acceptors (Lipinski definition) is 4. The number of aromatic nitrogens is 3. The first-order chi connectivity index (χ1) is 8.22. The standard InChI is InChI=1S/C11H11N3O3/c1-17-11-13-12-9(10(15)16)14(11)7-8-5-3-2-4-6-8/h2-6H,7H2,1H3,(H,15,16). The predicted octanol–water partition coefficient (Wildman–Crippen LogP) is 1.03. The summed E-state index contributed by atoms with van der Waals surface area (Å²) in [5.74, 6) is -1.26. The van der Waals surface area contributed by atoms with E-state index in [0.29, 0.717) is 6.54 Å². The van der Waals surface area contributed by atoms with Gasteiger partial charge in [-0.3, -0.25) is 4.57 Å². The van der Waals surface area contributed by atoms with Gasteiger partial charge < -0.3 is 9.84 Å². The molecule has 0 aliphatic heterocycles. The Labute approximate surface area is 97.5 Å². The molecule has 6 nitrogen and oxygen atoms in total. The summed E-state index contributed by atoms with van der Waals surface area (Å²) in [7, 11) is 1.43. The lowest BCUT2D eigenvalue weighted by Crippen LogP contribution is -2.11. The normalized spacial score (nSPS) is 10.2. The number of carboxylic acid groups (broad SMARTS) is 1. The van der Waals surface area contributed by atoms with Crippen LogP contribution in [0.2, 0.25) is 0 Å². The van der Waals surface area contributed by atoms with Gasteiger partial charge in [-0.05, 0) is 5.56 Å². The third-order valence-corrected chi connectivity index (χ3v) is 2.27.